The van der Waals surface area contributed by atoms with Crippen LogP contribution < -0.4 is 10.6 Å². The average molecular weight is 232 g/mol. The van der Waals surface area contributed by atoms with E-state index in [9.17, 15) is 4.79 Å². The number of nitrogens with zero attached hydrogens (tertiary/aromatic N) is 1. The molecule has 92 valence electrons. The van der Waals surface area contributed by atoms with Gasteiger partial charge in [0.05, 0.1) is 0 Å². The molecule has 0 spiro atoms. The number of hydrogen-bond donors (Lipinski definition) is 1. The van der Waals surface area contributed by atoms with Gasteiger partial charge in [-0.05, 0) is 36.5 Å². The van der Waals surface area contributed by atoms with Crippen LogP contribution in [0.15, 0.2) is 24.3 Å². The van der Waals surface area contributed by atoms with Gasteiger partial charge in [0.2, 0.25) is 5.91 Å². The first-order valence-corrected chi connectivity index (χ1v) is 6.26. The lowest BCUT2D eigenvalue weighted by atomic mass is 9.82. The van der Waals surface area contributed by atoms with E-state index in [1.165, 1.54) is 19.3 Å². The van der Waals surface area contributed by atoms with Crippen LogP contribution in [0.5, 0.6) is 0 Å². The van der Waals surface area contributed by atoms with E-state index in [-0.39, 0.29) is 5.91 Å². The predicted octanol–water partition coefficient (Wildman–Crippen LogP) is 2.30. The van der Waals surface area contributed by atoms with Gasteiger partial charge in [-0.1, -0.05) is 18.6 Å². The van der Waals surface area contributed by atoms with Gasteiger partial charge in [0.25, 0.3) is 0 Å². The van der Waals surface area contributed by atoms with Crippen LogP contribution in [0.1, 0.15) is 31.2 Å². The zero-order chi connectivity index (χ0) is 12.3. The Balaban J connectivity index is 2.01. The summed E-state index contributed by atoms with van der Waals surface area (Å²) < 4.78 is 0. The molecule has 0 saturated heterocycles. The molecule has 2 N–H and O–H groups in total. The zero-order valence-corrected chi connectivity index (χ0v) is 10.4. The van der Waals surface area contributed by atoms with Crippen molar-refractivity contribution >= 4 is 11.6 Å². The van der Waals surface area contributed by atoms with Gasteiger partial charge in [-0.15, -0.1) is 0 Å². The average Bonchev–Trinajstić information content (AvgIpc) is 2.32. The summed E-state index contributed by atoms with van der Waals surface area (Å²) in [5, 5.41) is 0. The fourth-order valence-electron chi connectivity index (χ4n) is 2.12. The van der Waals surface area contributed by atoms with Gasteiger partial charge in [0.1, 0.15) is 0 Å². The molecule has 0 aliphatic heterocycles. The molecular formula is C14H20N2O. The van der Waals surface area contributed by atoms with Gasteiger partial charge in [0.15, 0.2) is 0 Å². The van der Waals surface area contributed by atoms with Crippen LogP contribution in [0.2, 0.25) is 0 Å². The monoisotopic (exact) mass is 232 g/mol. The first kappa shape index (κ1) is 12.1. The Kier molecular flexibility index (Phi) is 3.79. The summed E-state index contributed by atoms with van der Waals surface area (Å²) >= 11 is 0. The highest BCUT2D eigenvalue weighted by Gasteiger charge is 2.22. The van der Waals surface area contributed by atoms with E-state index in [4.69, 9.17) is 5.73 Å². The molecule has 1 aliphatic carbocycles. The van der Waals surface area contributed by atoms with E-state index in [0.717, 1.165) is 11.3 Å². The normalized spacial score (nSPS) is 15.4. The number of carbonyl (C=O) groups excluding carboxylic acids is 1. The molecule has 1 aliphatic rings. The number of hydrogen-bond acceptors (Lipinski definition) is 2. The van der Waals surface area contributed by atoms with Gasteiger partial charge in [-0.2, -0.15) is 0 Å². The van der Waals surface area contributed by atoms with Crippen molar-refractivity contribution in [2.45, 2.75) is 32.2 Å². The van der Waals surface area contributed by atoms with Crippen molar-refractivity contribution in [2.75, 3.05) is 11.9 Å². The third kappa shape index (κ3) is 2.86. The van der Waals surface area contributed by atoms with Gasteiger partial charge in [-0.3, -0.25) is 4.79 Å². The quantitative estimate of drug-likeness (QED) is 0.865. The molecule has 0 bridgehead atoms. The molecule has 2 rings (SSSR count). The van der Waals surface area contributed by atoms with Gasteiger partial charge in [0, 0.05) is 25.7 Å². The highest BCUT2D eigenvalue weighted by molar-refractivity contribution is 5.93. The standard InChI is InChI=1S/C14H20N2O/c1-16(14(17)9-11-4-2-5-11)13-7-3-6-12(8-13)10-15/h3,6-8,11H,2,4-5,9-10,15H2,1H3. The number of amides is 1. The Morgan fingerprint density at radius 2 is 2.24 bits per heavy atom. The molecule has 1 fully saturated rings. The minimum atomic E-state index is 0.212. The number of rotatable bonds is 4. The van der Waals surface area contributed by atoms with E-state index >= 15 is 0 Å². The van der Waals surface area contributed by atoms with Crippen molar-refractivity contribution in [3.8, 4) is 0 Å². The summed E-state index contributed by atoms with van der Waals surface area (Å²) in [4.78, 5) is 13.8. The van der Waals surface area contributed by atoms with E-state index in [0.29, 0.717) is 18.9 Å². The molecule has 0 atom stereocenters. The first-order valence-electron chi connectivity index (χ1n) is 6.26. The molecule has 0 aromatic heterocycles. The molecule has 0 radical (unpaired) electrons. The highest BCUT2D eigenvalue weighted by Crippen LogP contribution is 2.30. The lowest BCUT2D eigenvalue weighted by molar-refractivity contribution is -0.119. The smallest absolute Gasteiger partial charge is 0.226 e. The summed E-state index contributed by atoms with van der Waals surface area (Å²) in [5.74, 6) is 0.825. The first-order chi connectivity index (χ1) is 8.20. The van der Waals surface area contributed by atoms with Crippen LogP contribution in [0.4, 0.5) is 5.69 Å². The van der Waals surface area contributed by atoms with E-state index < -0.39 is 0 Å². The van der Waals surface area contributed by atoms with Crippen molar-refractivity contribution in [3.05, 3.63) is 29.8 Å². The SMILES string of the molecule is CN(C(=O)CC1CCC1)c1cccc(CN)c1. The molecule has 17 heavy (non-hydrogen) atoms. The summed E-state index contributed by atoms with van der Waals surface area (Å²) in [6.45, 7) is 0.512. The van der Waals surface area contributed by atoms with E-state index in [1.807, 2.05) is 31.3 Å². The fraction of sp³-hybridized carbons (Fsp3) is 0.500. The number of anilines is 1. The number of nitrogens with two attached hydrogens (primary N) is 1. The molecule has 0 heterocycles. The van der Waals surface area contributed by atoms with Gasteiger partial charge in [-0.25, -0.2) is 0 Å². The predicted molar refractivity (Wildman–Crippen MR) is 69.7 cm³/mol. The zero-order valence-electron chi connectivity index (χ0n) is 10.4. The minimum absolute atomic E-state index is 0.212. The van der Waals surface area contributed by atoms with Crippen LogP contribution in [-0.4, -0.2) is 13.0 Å². The lowest BCUT2D eigenvalue weighted by Gasteiger charge is -2.27. The summed E-state index contributed by atoms with van der Waals surface area (Å²) in [7, 11) is 1.84. The summed E-state index contributed by atoms with van der Waals surface area (Å²) in [5.41, 5.74) is 7.61. The highest BCUT2D eigenvalue weighted by atomic mass is 16.2. The Bertz CT molecular complexity index is 399. The largest absolute Gasteiger partial charge is 0.326 e. The Hall–Kier alpha value is -1.35. The molecule has 0 unspecified atom stereocenters. The molecule has 3 nitrogen and oxygen atoms in total. The number of carbonyl (C=O) groups is 1. The second kappa shape index (κ2) is 5.32. The van der Waals surface area contributed by atoms with Crippen LogP contribution >= 0.6 is 0 Å². The van der Waals surface area contributed by atoms with Crippen LogP contribution in [0.25, 0.3) is 0 Å². The molecule has 1 aromatic rings. The topological polar surface area (TPSA) is 46.3 Å². The van der Waals surface area contributed by atoms with Crippen LogP contribution in [0.3, 0.4) is 0 Å². The second-order valence-electron chi connectivity index (χ2n) is 4.83. The van der Waals surface area contributed by atoms with Gasteiger partial charge >= 0.3 is 0 Å². The molecular weight excluding hydrogens is 212 g/mol. The van der Waals surface area contributed by atoms with Crippen molar-refractivity contribution in [1.82, 2.24) is 0 Å². The number of benzene rings is 1. The maximum absolute atomic E-state index is 12.0. The van der Waals surface area contributed by atoms with Crippen LogP contribution in [-0.2, 0) is 11.3 Å². The third-order valence-corrected chi connectivity index (χ3v) is 3.60. The van der Waals surface area contributed by atoms with Crippen molar-refractivity contribution in [2.24, 2.45) is 11.7 Å². The maximum Gasteiger partial charge on any atom is 0.226 e. The fourth-order valence-corrected chi connectivity index (χ4v) is 2.12. The third-order valence-electron chi connectivity index (χ3n) is 3.60. The summed E-state index contributed by atoms with van der Waals surface area (Å²) in [6.07, 6.45) is 4.39. The minimum Gasteiger partial charge on any atom is -0.326 e. The van der Waals surface area contributed by atoms with Gasteiger partial charge < -0.3 is 10.6 Å². The Morgan fingerprint density at radius 3 is 2.82 bits per heavy atom. The molecule has 3 heteroatoms. The second-order valence-corrected chi connectivity index (χ2v) is 4.83. The maximum atomic E-state index is 12.0. The lowest BCUT2D eigenvalue weighted by Crippen LogP contribution is -2.29. The summed E-state index contributed by atoms with van der Waals surface area (Å²) in [6, 6.07) is 7.87. The van der Waals surface area contributed by atoms with Crippen molar-refractivity contribution in [1.29, 1.82) is 0 Å². The molecule has 1 aromatic carbocycles. The van der Waals surface area contributed by atoms with E-state index in [2.05, 4.69) is 0 Å². The Labute approximate surface area is 103 Å². The van der Waals surface area contributed by atoms with Crippen molar-refractivity contribution < 1.29 is 4.79 Å². The van der Waals surface area contributed by atoms with Crippen LogP contribution in [0, 0.1) is 5.92 Å². The van der Waals surface area contributed by atoms with Crippen molar-refractivity contribution in [3.63, 3.8) is 0 Å². The Morgan fingerprint density at radius 1 is 1.47 bits per heavy atom. The molecule has 1 amide bonds. The van der Waals surface area contributed by atoms with E-state index in [1.54, 1.807) is 4.90 Å². The molecule has 1 saturated carbocycles.